The Labute approximate surface area is 120 Å². The van der Waals surface area contributed by atoms with Crippen LogP contribution in [0, 0.1) is 5.92 Å². The molecule has 1 aliphatic heterocycles. The summed E-state index contributed by atoms with van der Waals surface area (Å²) in [6.45, 7) is 3.60. The first-order valence-corrected chi connectivity index (χ1v) is 7.84. The smallest absolute Gasteiger partial charge is 0.161 e. The number of rotatable bonds is 2. The van der Waals surface area contributed by atoms with E-state index in [-0.39, 0.29) is 0 Å². The summed E-state index contributed by atoms with van der Waals surface area (Å²) in [6, 6.07) is 5.94. The van der Waals surface area contributed by atoms with E-state index in [1.54, 1.807) is 0 Å². The highest BCUT2D eigenvalue weighted by atomic mass is 16.5. The van der Waals surface area contributed by atoms with Crippen LogP contribution in [0.3, 0.4) is 0 Å². The highest BCUT2D eigenvalue weighted by molar-refractivity contribution is 5.45. The van der Waals surface area contributed by atoms with E-state index in [2.05, 4.69) is 6.92 Å². The van der Waals surface area contributed by atoms with Crippen molar-refractivity contribution in [3.63, 3.8) is 0 Å². The largest absolute Gasteiger partial charge is 0.490 e. The van der Waals surface area contributed by atoms with E-state index in [1.807, 2.05) is 18.2 Å². The van der Waals surface area contributed by atoms with Gasteiger partial charge >= 0.3 is 0 Å². The maximum atomic E-state index is 11.0. The summed E-state index contributed by atoms with van der Waals surface area (Å²) in [5.41, 5.74) is 0.295. The molecule has 0 aromatic heterocycles. The Bertz CT molecular complexity index is 471. The Morgan fingerprint density at radius 1 is 1.20 bits per heavy atom. The fourth-order valence-electron chi connectivity index (χ4n) is 3.43. The standard InChI is InChI=1S/C17H24O3/c1-2-13-5-3-8-17(18,12-13)14-6-7-15-16(11-14)20-10-4-9-19-15/h6-7,11,13,18H,2-5,8-10,12H2,1H3. The van der Waals surface area contributed by atoms with E-state index in [1.165, 1.54) is 6.42 Å². The molecule has 0 bridgehead atoms. The van der Waals surface area contributed by atoms with Crippen molar-refractivity contribution in [2.24, 2.45) is 5.92 Å². The molecular formula is C17H24O3. The fourth-order valence-corrected chi connectivity index (χ4v) is 3.43. The molecule has 0 saturated heterocycles. The minimum Gasteiger partial charge on any atom is -0.490 e. The summed E-state index contributed by atoms with van der Waals surface area (Å²) >= 11 is 0. The van der Waals surface area contributed by atoms with Gasteiger partial charge in [-0.2, -0.15) is 0 Å². The molecule has 1 N–H and O–H groups in total. The van der Waals surface area contributed by atoms with Crippen molar-refractivity contribution in [1.82, 2.24) is 0 Å². The first-order valence-electron chi connectivity index (χ1n) is 7.84. The zero-order valence-corrected chi connectivity index (χ0v) is 12.2. The summed E-state index contributed by atoms with van der Waals surface area (Å²) < 4.78 is 11.4. The monoisotopic (exact) mass is 276 g/mol. The van der Waals surface area contributed by atoms with Gasteiger partial charge in [-0.25, -0.2) is 0 Å². The Balaban J connectivity index is 1.87. The molecule has 3 nitrogen and oxygen atoms in total. The van der Waals surface area contributed by atoms with Crippen molar-refractivity contribution in [1.29, 1.82) is 0 Å². The number of hydrogen-bond acceptors (Lipinski definition) is 3. The second-order valence-corrected chi connectivity index (χ2v) is 6.11. The van der Waals surface area contributed by atoms with Gasteiger partial charge in [-0.3, -0.25) is 0 Å². The van der Waals surface area contributed by atoms with E-state index in [0.717, 1.165) is 49.2 Å². The van der Waals surface area contributed by atoms with Gasteiger partial charge in [-0.15, -0.1) is 0 Å². The van der Waals surface area contributed by atoms with Crippen molar-refractivity contribution in [2.75, 3.05) is 13.2 Å². The third-order valence-electron chi connectivity index (χ3n) is 4.69. The summed E-state index contributed by atoms with van der Waals surface area (Å²) in [4.78, 5) is 0. The Morgan fingerprint density at radius 3 is 2.80 bits per heavy atom. The van der Waals surface area contributed by atoms with Gasteiger partial charge in [0.25, 0.3) is 0 Å². The number of hydrogen-bond donors (Lipinski definition) is 1. The van der Waals surface area contributed by atoms with Crippen LogP contribution in [-0.4, -0.2) is 18.3 Å². The zero-order valence-electron chi connectivity index (χ0n) is 12.2. The van der Waals surface area contributed by atoms with Crippen molar-refractivity contribution in [3.05, 3.63) is 23.8 Å². The molecule has 2 unspecified atom stereocenters. The Hall–Kier alpha value is -1.22. The molecule has 1 aliphatic carbocycles. The van der Waals surface area contributed by atoms with E-state index in [4.69, 9.17) is 9.47 Å². The van der Waals surface area contributed by atoms with Crippen LogP contribution in [0.4, 0.5) is 0 Å². The molecule has 110 valence electrons. The topological polar surface area (TPSA) is 38.7 Å². The molecule has 1 saturated carbocycles. The normalized spacial score (nSPS) is 29.8. The van der Waals surface area contributed by atoms with Gasteiger partial charge in [-0.1, -0.05) is 25.8 Å². The minimum absolute atomic E-state index is 0.629. The lowest BCUT2D eigenvalue weighted by Crippen LogP contribution is -2.32. The summed E-state index contributed by atoms with van der Waals surface area (Å²) in [5.74, 6) is 2.22. The van der Waals surface area contributed by atoms with Gasteiger partial charge in [0.2, 0.25) is 0 Å². The lowest BCUT2D eigenvalue weighted by molar-refractivity contribution is -0.0219. The molecular weight excluding hydrogens is 252 g/mol. The third kappa shape index (κ3) is 2.64. The summed E-state index contributed by atoms with van der Waals surface area (Å²) in [6.07, 6.45) is 6.11. The second kappa shape index (κ2) is 5.65. The maximum absolute atomic E-state index is 11.0. The van der Waals surface area contributed by atoms with Crippen LogP contribution in [0.15, 0.2) is 18.2 Å². The number of aliphatic hydroxyl groups is 1. The molecule has 0 radical (unpaired) electrons. The molecule has 1 aromatic carbocycles. The first-order chi connectivity index (χ1) is 9.71. The molecule has 1 fully saturated rings. The van der Waals surface area contributed by atoms with Crippen LogP contribution >= 0.6 is 0 Å². The van der Waals surface area contributed by atoms with E-state index < -0.39 is 5.60 Å². The number of ether oxygens (including phenoxy) is 2. The van der Waals surface area contributed by atoms with Gasteiger partial charge in [-0.05, 0) is 42.9 Å². The SMILES string of the molecule is CCC1CCCC(O)(c2ccc3c(c2)OCCCO3)C1. The lowest BCUT2D eigenvalue weighted by atomic mass is 9.73. The molecule has 3 heteroatoms. The highest BCUT2D eigenvalue weighted by Crippen LogP contribution is 2.43. The van der Waals surface area contributed by atoms with Gasteiger partial charge in [0.05, 0.1) is 18.8 Å². The van der Waals surface area contributed by atoms with Crippen LogP contribution in [0.25, 0.3) is 0 Å². The molecule has 20 heavy (non-hydrogen) atoms. The van der Waals surface area contributed by atoms with Crippen LogP contribution < -0.4 is 9.47 Å². The zero-order chi connectivity index (χ0) is 14.0. The van der Waals surface area contributed by atoms with E-state index in [0.29, 0.717) is 19.1 Å². The third-order valence-corrected chi connectivity index (χ3v) is 4.69. The van der Waals surface area contributed by atoms with Gasteiger partial charge in [0.1, 0.15) is 0 Å². The molecule has 2 atom stereocenters. The predicted molar refractivity (Wildman–Crippen MR) is 78.2 cm³/mol. The van der Waals surface area contributed by atoms with Crippen LogP contribution in [-0.2, 0) is 5.60 Å². The van der Waals surface area contributed by atoms with Crippen molar-refractivity contribution in [2.45, 2.75) is 51.0 Å². The van der Waals surface area contributed by atoms with E-state index >= 15 is 0 Å². The highest BCUT2D eigenvalue weighted by Gasteiger charge is 2.35. The van der Waals surface area contributed by atoms with Gasteiger partial charge in [0.15, 0.2) is 11.5 Å². The molecule has 0 spiro atoms. The lowest BCUT2D eigenvalue weighted by Gasteiger charge is -2.37. The average molecular weight is 276 g/mol. The van der Waals surface area contributed by atoms with Crippen LogP contribution in [0.5, 0.6) is 11.5 Å². The van der Waals surface area contributed by atoms with Crippen molar-refractivity contribution in [3.8, 4) is 11.5 Å². The summed E-state index contributed by atoms with van der Waals surface area (Å²) in [5, 5.41) is 11.0. The van der Waals surface area contributed by atoms with Crippen molar-refractivity contribution < 1.29 is 14.6 Å². The predicted octanol–water partition coefficient (Wildman–Crippen LogP) is 3.64. The quantitative estimate of drug-likeness (QED) is 0.896. The Morgan fingerprint density at radius 2 is 2.00 bits per heavy atom. The molecule has 1 aromatic rings. The maximum Gasteiger partial charge on any atom is 0.161 e. The second-order valence-electron chi connectivity index (χ2n) is 6.11. The fraction of sp³-hybridized carbons (Fsp3) is 0.647. The first kappa shape index (κ1) is 13.7. The number of benzene rings is 1. The van der Waals surface area contributed by atoms with E-state index in [9.17, 15) is 5.11 Å². The van der Waals surface area contributed by atoms with Gasteiger partial charge < -0.3 is 14.6 Å². The van der Waals surface area contributed by atoms with Gasteiger partial charge in [0, 0.05) is 6.42 Å². The molecule has 0 amide bonds. The molecule has 1 heterocycles. The van der Waals surface area contributed by atoms with Crippen LogP contribution in [0.1, 0.15) is 51.0 Å². The van der Waals surface area contributed by atoms with Crippen LogP contribution in [0.2, 0.25) is 0 Å². The molecule has 3 rings (SSSR count). The Kier molecular flexibility index (Phi) is 3.88. The summed E-state index contributed by atoms with van der Waals surface area (Å²) in [7, 11) is 0. The molecule has 2 aliphatic rings. The van der Waals surface area contributed by atoms with Crippen molar-refractivity contribution >= 4 is 0 Å². The average Bonchev–Trinajstić information content (AvgIpc) is 2.71. The number of fused-ring (bicyclic) bond motifs is 1. The minimum atomic E-state index is -0.691.